The molecule has 3 rings (SSSR count). The molecular formula is C14H8Br2OS. The lowest BCUT2D eigenvalue weighted by Gasteiger charge is -2.08. The quantitative estimate of drug-likeness (QED) is 0.579. The molecule has 0 saturated heterocycles. The van der Waals surface area contributed by atoms with E-state index in [4.69, 9.17) is 0 Å². The molecule has 1 aliphatic heterocycles. The Morgan fingerprint density at radius 1 is 1.06 bits per heavy atom. The number of carbonyl (C=O) groups is 1. The van der Waals surface area contributed by atoms with Crippen LogP contribution >= 0.6 is 43.6 Å². The lowest BCUT2D eigenvalue weighted by atomic mass is 10.0. The van der Waals surface area contributed by atoms with E-state index in [1.165, 1.54) is 0 Å². The molecule has 2 aromatic rings. The van der Waals surface area contributed by atoms with Crippen LogP contribution in [-0.2, 0) is 0 Å². The summed E-state index contributed by atoms with van der Waals surface area (Å²) >= 11 is 8.61. The molecule has 1 unspecified atom stereocenters. The van der Waals surface area contributed by atoms with E-state index >= 15 is 0 Å². The first kappa shape index (κ1) is 12.5. The third-order valence-electron chi connectivity index (χ3n) is 2.85. The van der Waals surface area contributed by atoms with Gasteiger partial charge < -0.3 is 0 Å². The molecule has 0 aromatic heterocycles. The highest BCUT2D eigenvalue weighted by Crippen LogP contribution is 2.44. The van der Waals surface area contributed by atoms with Crippen molar-refractivity contribution in [2.75, 3.05) is 0 Å². The van der Waals surface area contributed by atoms with Crippen LogP contribution in [-0.4, -0.2) is 5.78 Å². The number of ketones is 1. The Balaban J connectivity index is 2.24. The molecule has 90 valence electrons. The van der Waals surface area contributed by atoms with Crippen molar-refractivity contribution in [2.24, 2.45) is 0 Å². The lowest BCUT2D eigenvalue weighted by molar-refractivity contribution is 0.0988. The topological polar surface area (TPSA) is 17.1 Å². The highest BCUT2D eigenvalue weighted by Gasteiger charge is 2.27. The molecule has 0 fully saturated rings. The minimum atomic E-state index is -0.261. The van der Waals surface area contributed by atoms with Gasteiger partial charge in [0, 0.05) is 19.8 Å². The van der Waals surface area contributed by atoms with E-state index in [0.717, 1.165) is 25.4 Å². The summed E-state index contributed by atoms with van der Waals surface area (Å²) < 4.78 is 0.993. The third-order valence-corrected chi connectivity index (χ3v) is 5.40. The summed E-state index contributed by atoms with van der Waals surface area (Å²) in [6.07, 6.45) is 0. The second-order valence-electron chi connectivity index (χ2n) is 4.01. The third kappa shape index (κ3) is 2.06. The predicted molar refractivity (Wildman–Crippen MR) is 80.7 cm³/mol. The maximum Gasteiger partial charge on any atom is 0.182 e. The van der Waals surface area contributed by atoms with Crippen LogP contribution in [0.15, 0.2) is 56.7 Å². The molecule has 1 atom stereocenters. The molecule has 4 heteroatoms. The van der Waals surface area contributed by atoms with Gasteiger partial charge in [0.2, 0.25) is 0 Å². The lowest BCUT2D eigenvalue weighted by Crippen LogP contribution is -2.06. The van der Waals surface area contributed by atoms with Gasteiger partial charge in [0.1, 0.15) is 4.83 Å². The van der Waals surface area contributed by atoms with Crippen molar-refractivity contribution < 1.29 is 4.79 Å². The Kier molecular flexibility index (Phi) is 3.34. The van der Waals surface area contributed by atoms with Crippen LogP contribution in [0.25, 0.3) is 0 Å². The van der Waals surface area contributed by atoms with Gasteiger partial charge in [-0.1, -0.05) is 61.8 Å². The van der Waals surface area contributed by atoms with E-state index in [1.807, 2.05) is 36.4 Å². The van der Waals surface area contributed by atoms with E-state index in [-0.39, 0.29) is 10.6 Å². The van der Waals surface area contributed by atoms with E-state index in [9.17, 15) is 4.79 Å². The average Bonchev–Trinajstić information content (AvgIpc) is 2.47. The zero-order valence-electron chi connectivity index (χ0n) is 9.19. The summed E-state index contributed by atoms with van der Waals surface area (Å²) in [7, 11) is 0. The number of halogens is 2. The van der Waals surface area contributed by atoms with E-state index in [0.29, 0.717) is 0 Å². The van der Waals surface area contributed by atoms with Gasteiger partial charge in [-0.05, 0) is 29.8 Å². The van der Waals surface area contributed by atoms with Crippen molar-refractivity contribution in [3.63, 3.8) is 0 Å². The SMILES string of the molecule is O=C1c2ccc(Br)cc2Sc2ccccc2C1Br. The Bertz CT molecular complexity index is 639. The summed E-state index contributed by atoms with van der Waals surface area (Å²) in [5.41, 5.74) is 1.82. The Hall–Kier alpha value is -0.580. The number of rotatable bonds is 0. The summed E-state index contributed by atoms with van der Waals surface area (Å²) in [6, 6.07) is 13.8. The number of carbonyl (C=O) groups excluding carboxylic acids is 1. The van der Waals surface area contributed by atoms with E-state index in [2.05, 4.69) is 37.9 Å². The number of hydrogen-bond acceptors (Lipinski definition) is 2. The van der Waals surface area contributed by atoms with E-state index in [1.54, 1.807) is 11.8 Å². The zero-order valence-corrected chi connectivity index (χ0v) is 13.2. The number of hydrogen-bond donors (Lipinski definition) is 0. The highest BCUT2D eigenvalue weighted by atomic mass is 79.9. The first-order chi connectivity index (χ1) is 8.66. The molecule has 0 amide bonds. The average molecular weight is 384 g/mol. The highest BCUT2D eigenvalue weighted by molar-refractivity contribution is 9.10. The van der Waals surface area contributed by atoms with Gasteiger partial charge >= 0.3 is 0 Å². The first-order valence-electron chi connectivity index (χ1n) is 5.41. The summed E-state index contributed by atoms with van der Waals surface area (Å²) in [4.78, 5) is 14.3. The van der Waals surface area contributed by atoms with Crippen molar-refractivity contribution in [3.05, 3.63) is 58.1 Å². The van der Waals surface area contributed by atoms with Crippen LogP contribution in [0.5, 0.6) is 0 Å². The minimum Gasteiger partial charge on any atom is -0.292 e. The normalized spacial score (nSPS) is 17.9. The van der Waals surface area contributed by atoms with E-state index < -0.39 is 0 Å². The van der Waals surface area contributed by atoms with Gasteiger partial charge in [0.25, 0.3) is 0 Å². The van der Waals surface area contributed by atoms with Crippen molar-refractivity contribution in [2.45, 2.75) is 14.6 Å². The van der Waals surface area contributed by atoms with Crippen molar-refractivity contribution in [1.82, 2.24) is 0 Å². The molecule has 0 saturated carbocycles. The minimum absolute atomic E-state index is 0.120. The largest absolute Gasteiger partial charge is 0.292 e. The van der Waals surface area contributed by atoms with Gasteiger partial charge in [-0.25, -0.2) is 0 Å². The van der Waals surface area contributed by atoms with Crippen LogP contribution < -0.4 is 0 Å². The first-order valence-corrected chi connectivity index (χ1v) is 7.94. The summed E-state index contributed by atoms with van der Waals surface area (Å²) in [6.45, 7) is 0. The molecule has 0 bridgehead atoms. The van der Waals surface area contributed by atoms with Crippen LogP contribution in [0.3, 0.4) is 0 Å². The van der Waals surface area contributed by atoms with Crippen LogP contribution in [0.1, 0.15) is 20.7 Å². The van der Waals surface area contributed by atoms with Crippen molar-refractivity contribution in [3.8, 4) is 0 Å². The maximum absolute atomic E-state index is 12.4. The van der Waals surface area contributed by atoms with Gasteiger partial charge in [0.05, 0.1) is 0 Å². The second-order valence-corrected chi connectivity index (χ2v) is 6.92. The van der Waals surface area contributed by atoms with Crippen LogP contribution in [0.4, 0.5) is 0 Å². The standard InChI is InChI=1S/C14H8Br2OS/c15-8-5-6-10-12(7-8)18-11-4-2-1-3-9(11)13(16)14(10)17/h1-7,13H. The Labute approximate surface area is 126 Å². The van der Waals surface area contributed by atoms with Gasteiger partial charge in [-0.15, -0.1) is 0 Å². The van der Waals surface area contributed by atoms with Crippen LogP contribution in [0.2, 0.25) is 0 Å². The number of fused-ring (bicyclic) bond motifs is 2. The molecule has 0 spiro atoms. The summed E-state index contributed by atoms with van der Waals surface area (Å²) in [5.74, 6) is 0.120. The van der Waals surface area contributed by atoms with Gasteiger partial charge in [-0.3, -0.25) is 4.79 Å². The molecular weight excluding hydrogens is 376 g/mol. The summed E-state index contributed by atoms with van der Waals surface area (Å²) in [5, 5.41) is 0. The molecule has 0 N–H and O–H groups in total. The predicted octanol–water partition coefficient (Wildman–Crippen LogP) is 5.23. The molecule has 1 nitrogen and oxygen atoms in total. The number of benzene rings is 2. The van der Waals surface area contributed by atoms with Crippen molar-refractivity contribution in [1.29, 1.82) is 0 Å². The molecule has 1 aliphatic rings. The maximum atomic E-state index is 12.4. The molecule has 2 aromatic carbocycles. The van der Waals surface area contributed by atoms with Gasteiger partial charge in [-0.2, -0.15) is 0 Å². The fraction of sp³-hybridized carbons (Fsp3) is 0.0714. The molecule has 0 radical (unpaired) electrons. The molecule has 18 heavy (non-hydrogen) atoms. The van der Waals surface area contributed by atoms with Crippen molar-refractivity contribution >= 4 is 49.4 Å². The number of alkyl halides is 1. The Morgan fingerprint density at radius 2 is 1.83 bits per heavy atom. The Morgan fingerprint density at radius 3 is 2.67 bits per heavy atom. The monoisotopic (exact) mass is 382 g/mol. The number of Topliss-reactive ketones (excluding diaryl/α,β-unsaturated/α-hetero) is 1. The molecule has 1 heterocycles. The fourth-order valence-electron chi connectivity index (χ4n) is 1.96. The smallest absolute Gasteiger partial charge is 0.182 e. The second kappa shape index (κ2) is 4.83. The molecule has 0 aliphatic carbocycles. The zero-order chi connectivity index (χ0) is 12.7. The van der Waals surface area contributed by atoms with Crippen LogP contribution in [0, 0.1) is 0 Å². The van der Waals surface area contributed by atoms with Gasteiger partial charge in [0.15, 0.2) is 5.78 Å². The fourth-order valence-corrected chi connectivity index (χ4v) is 4.43.